The van der Waals surface area contributed by atoms with Crippen molar-refractivity contribution in [2.75, 3.05) is 19.6 Å². The molecule has 1 N–H and O–H groups in total. The van der Waals surface area contributed by atoms with Gasteiger partial charge in [0.1, 0.15) is 0 Å². The summed E-state index contributed by atoms with van der Waals surface area (Å²) in [7, 11) is 0. The molecule has 0 aromatic carbocycles. The van der Waals surface area contributed by atoms with Gasteiger partial charge in [-0.3, -0.25) is 0 Å². The zero-order valence-corrected chi connectivity index (χ0v) is 7.42. The smallest absolute Gasteiger partial charge is 0.0667 e. The molecule has 0 saturated carbocycles. The van der Waals surface area contributed by atoms with E-state index in [-0.39, 0.29) is 6.10 Å². The maximum Gasteiger partial charge on any atom is 0.0667 e. The number of nitrogens with zero attached hydrogens (tertiary/aromatic N) is 1. The van der Waals surface area contributed by atoms with E-state index in [9.17, 15) is 5.11 Å². The SMILES string of the molecule is CCC[C@@H](O)CN1CCCC1. The highest BCUT2D eigenvalue weighted by molar-refractivity contribution is 4.69. The Morgan fingerprint density at radius 3 is 2.55 bits per heavy atom. The lowest BCUT2D eigenvalue weighted by Gasteiger charge is -2.18. The molecule has 0 aromatic heterocycles. The molecule has 1 saturated heterocycles. The molecule has 0 spiro atoms. The first-order valence-corrected chi connectivity index (χ1v) is 4.73. The van der Waals surface area contributed by atoms with Crippen LogP contribution in [0, 0.1) is 0 Å². The Labute approximate surface area is 69.2 Å². The maximum absolute atomic E-state index is 9.47. The average molecular weight is 157 g/mol. The van der Waals surface area contributed by atoms with E-state index < -0.39 is 0 Å². The number of hydrogen-bond acceptors (Lipinski definition) is 2. The second-order valence-corrected chi connectivity index (χ2v) is 3.45. The Hall–Kier alpha value is -0.0800. The van der Waals surface area contributed by atoms with Crippen molar-refractivity contribution in [3.8, 4) is 0 Å². The highest BCUT2D eigenvalue weighted by Gasteiger charge is 2.14. The minimum Gasteiger partial charge on any atom is -0.392 e. The molecule has 1 atom stereocenters. The summed E-state index contributed by atoms with van der Waals surface area (Å²) in [6.07, 6.45) is 4.60. The Kier molecular flexibility index (Phi) is 3.87. The third-order valence-corrected chi connectivity index (χ3v) is 2.29. The van der Waals surface area contributed by atoms with Crippen LogP contribution in [0.15, 0.2) is 0 Å². The molecule has 66 valence electrons. The van der Waals surface area contributed by atoms with Gasteiger partial charge < -0.3 is 10.0 Å². The van der Waals surface area contributed by atoms with Crippen molar-refractivity contribution < 1.29 is 5.11 Å². The van der Waals surface area contributed by atoms with Gasteiger partial charge in [-0.15, -0.1) is 0 Å². The summed E-state index contributed by atoms with van der Waals surface area (Å²) in [5.74, 6) is 0. The van der Waals surface area contributed by atoms with Crippen molar-refractivity contribution in [1.29, 1.82) is 0 Å². The van der Waals surface area contributed by atoms with Crippen LogP contribution in [0.5, 0.6) is 0 Å². The molecule has 2 heteroatoms. The summed E-state index contributed by atoms with van der Waals surface area (Å²) in [5, 5.41) is 9.47. The summed E-state index contributed by atoms with van der Waals surface area (Å²) in [6.45, 7) is 5.41. The van der Waals surface area contributed by atoms with E-state index in [1.807, 2.05) is 0 Å². The van der Waals surface area contributed by atoms with Crippen LogP contribution in [0.3, 0.4) is 0 Å². The van der Waals surface area contributed by atoms with Crippen LogP contribution in [-0.2, 0) is 0 Å². The zero-order valence-electron chi connectivity index (χ0n) is 7.42. The van der Waals surface area contributed by atoms with E-state index in [1.54, 1.807) is 0 Å². The summed E-state index contributed by atoms with van der Waals surface area (Å²) < 4.78 is 0. The van der Waals surface area contributed by atoms with Crippen molar-refractivity contribution in [3.63, 3.8) is 0 Å². The van der Waals surface area contributed by atoms with E-state index in [0.717, 1.165) is 19.4 Å². The number of hydrogen-bond donors (Lipinski definition) is 1. The van der Waals surface area contributed by atoms with Crippen LogP contribution < -0.4 is 0 Å². The zero-order chi connectivity index (χ0) is 8.10. The van der Waals surface area contributed by atoms with Crippen LogP contribution in [0.4, 0.5) is 0 Å². The Bertz CT molecular complexity index is 99.7. The lowest BCUT2D eigenvalue weighted by Crippen LogP contribution is -2.29. The van der Waals surface area contributed by atoms with Crippen molar-refractivity contribution in [1.82, 2.24) is 4.90 Å². The second-order valence-electron chi connectivity index (χ2n) is 3.45. The van der Waals surface area contributed by atoms with Crippen molar-refractivity contribution in [2.45, 2.75) is 38.7 Å². The lowest BCUT2D eigenvalue weighted by atomic mass is 10.2. The number of likely N-dealkylation sites (tertiary alicyclic amines) is 1. The fraction of sp³-hybridized carbons (Fsp3) is 1.00. The molecule has 1 rings (SSSR count). The number of aliphatic hydroxyl groups excluding tert-OH is 1. The molecule has 2 nitrogen and oxygen atoms in total. The third kappa shape index (κ3) is 3.21. The predicted molar refractivity (Wildman–Crippen MR) is 46.6 cm³/mol. The van der Waals surface area contributed by atoms with E-state index in [4.69, 9.17) is 0 Å². The molecule has 0 radical (unpaired) electrons. The van der Waals surface area contributed by atoms with Crippen LogP contribution in [0.2, 0.25) is 0 Å². The molecule has 0 amide bonds. The predicted octanol–water partition coefficient (Wildman–Crippen LogP) is 1.24. The van der Waals surface area contributed by atoms with Crippen molar-refractivity contribution >= 4 is 0 Å². The van der Waals surface area contributed by atoms with Gasteiger partial charge in [0.15, 0.2) is 0 Å². The quantitative estimate of drug-likeness (QED) is 0.663. The summed E-state index contributed by atoms with van der Waals surface area (Å²) in [4.78, 5) is 2.36. The lowest BCUT2D eigenvalue weighted by molar-refractivity contribution is 0.116. The molecule has 1 fully saturated rings. The molecular weight excluding hydrogens is 138 g/mol. The second kappa shape index (κ2) is 4.73. The Morgan fingerprint density at radius 1 is 1.36 bits per heavy atom. The highest BCUT2D eigenvalue weighted by Crippen LogP contribution is 2.09. The first kappa shape index (κ1) is 9.01. The minimum atomic E-state index is -0.0851. The first-order valence-electron chi connectivity index (χ1n) is 4.73. The topological polar surface area (TPSA) is 23.5 Å². The highest BCUT2D eigenvalue weighted by atomic mass is 16.3. The summed E-state index contributed by atoms with van der Waals surface area (Å²) in [5.41, 5.74) is 0. The third-order valence-electron chi connectivity index (χ3n) is 2.29. The van der Waals surface area contributed by atoms with E-state index >= 15 is 0 Å². The van der Waals surface area contributed by atoms with Gasteiger partial charge in [-0.1, -0.05) is 13.3 Å². The van der Waals surface area contributed by atoms with Crippen molar-refractivity contribution in [3.05, 3.63) is 0 Å². The first-order chi connectivity index (χ1) is 5.33. The largest absolute Gasteiger partial charge is 0.392 e. The van der Waals surface area contributed by atoms with Crippen LogP contribution in [-0.4, -0.2) is 35.7 Å². The molecule has 11 heavy (non-hydrogen) atoms. The van der Waals surface area contributed by atoms with Crippen LogP contribution >= 0.6 is 0 Å². The number of aliphatic hydroxyl groups is 1. The average Bonchev–Trinajstić information content (AvgIpc) is 2.40. The number of rotatable bonds is 4. The van der Waals surface area contributed by atoms with E-state index in [0.29, 0.717) is 0 Å². The van der Waals surface area contributed by atoms with E-state index in [2.05, 4.69) is 11.8 Å². The van der Waals surface area contributed by atoms with Gasteiger partial charge in [0.2, 0.25) is 0 Å². The van der Waals surface area contributed by atoms with Gasteiger partial charge in [0, 0.05) is 6.54 Å². The molecular formula is C9H19NO. The Morgan fingerprint density at radius 2 is 2.00 bits per heavy atom. The van der Waals surface area contributed by atoms with Gasteiger partial charge in [-0.2, -0.15) is 0 Å². The molecule has 0 unspecified atom stereocenters. The van der Waals surface area contributed by atoms with Crippen LogP contribution in [0.1, 0.15) is 32.6 Å². The standard InChI is InChI=1S/C9H19NO/c1-2-5-9(11)8-10-6-3-4-7-10/h9,11H,2-8H2,1H3/t9-/m1/s1. The van der Waals surface area contributed by atoms with Crippen LogP contribution in [0.25, 0.3) is 0 Å². The molecule has 1 heterocycles. The van der Waals surface area contributed by atoms with Gasteiger partial charge >= 0.3 is 0 Å². The van der Waals surface area contributed by atoms with Gasteiger partial charge in [0.05, 0.1) is 6.10 Å². The number of β-amino-alcohol motifs (C(OH)–C–C–N with tert-alkyl or cyclic N) is 1. The monoisotopic (exact) mass is 157 g/mol. The Balaban J connectivity index is 2.08. The van der Waals surface area contributed by atoms with Crippen molar-refractivity contribution in [2.24, 2.45) is 0 Å². The molecule has 0 aromatic rings. The fourth-order valence-electron chi connectivity index (χ4n) is 1.69. The van der Waals surface area contributed by atoms with Gasteiger partial charge in [-0.05, 0) is 32.4 Å². The maximum atomic E-state index is 9.47. The summed E-state index contributed by atoms with van der Waals surface area (Å²) >= 11 is 0. The molecule has 1 aliphatic heterocycles. The van der Waals surface area contributed by atoms with E-state index in [1.165, 1.54) is 25.9 Å². The minimum absolute atomic E-state index is 0.0851. The van der Waals surface area contributed by atoms with Gasteiger partial charge in [-0.25, -0.2) is 0 Å². The summed E-state index contributed by atoms with van der Waals surface area (Å²) in [6, 6.07) is 0. The van der Waals surface area contributed by atoms with Gasteiger partial charge in [0.25, 0.3) is 0 Å². The normalized spacial score (nSPS) is 22.4. The fourth-order valence-corrected chi connectivity index (χ4v) is 1.69. The molecule has 1 aliphatic rings. The molecule has 0 aliphatic carbocycles. The molecule has 0 bridgehead atoms.